The summed E-state index contributed by atoms with van der Waals surface area (Å²) in [5, 5.41) is 4.86. The Morgan fingerprint density at radius 2 is 0.568 bits per heavy atom. The minimum atomic E-state index is 0.494. The number of fused-ring (bicyclic) bond motifs is 7. The van der Waals surface area contributed by atoms with Gasteiger partial charge >= 0.3 is 0 Å². The highest BCUT2D eigenvalue weighted by molar-refractivity contribution is 6.10. The molecule has 0 atom stereocenters. The van der Waals surface area contributed by atoms with Gasteiger partial charge in [-0.05, 0) is 109 Å². The van der Waals surface area contributed by atoms with Gasteiger partial charge < -0.3 is 9.13 Å². The highest BCUT2D eigenvalue weighted by Gasteiger charge is 2.21. The van der Waals surface area contributed by atoms with E-state index in [1.807, 2.05) is 34.1 Å². The molecule has 5 aromatic heterocycles. The summed E-state index contributed by atoms with van der Waals surface area (Å²) in [5.41, 5.74) is 15.1. The number of hydrogen-bond donors (Lipinski definition) is 0. The summed E-state index contributed by atoms with van der Waals surface area (Å²) in [6, 6.07) is 75.7. The number of hydrogen-bond acceptors (Lipinski definition) is 10. The van der Waals surface area contributed by atoms with Crippen molar-refractivity contribution >= 4 is 89.3 Å². The molecule has 5 heterocycles. The predicted octanol–water partition coefficient (Wildman–Crippen LogP) is 14.5. The molecule has 0 saturated heterocycles. The summed E-state index contributed by atoms with van der Waals surface area (Å²) in [4.78, 5) is 41.3. The first-order valence-electron chi connectivity index (χ1n) is 24.2. The van der Waals surface area contributed by atoms with Crippen LogP contribution in [0.15, 0.2) is 244 Å². The molecular weight excluding hydrogens is 913 g/mol. The minimum Gasteiger partial charge on any atom is -0.309 e. The molecule has 0 amide bonds. The van der Waals surface area contributed by atoms with Crippen molar-refractivity contribution in [2.24, 2.45) is 0 Å². The van der Waals surface area contributed by atoms with E-state index in [9.17, 15) is 0 Å². The van der Waals surface area contributed by atoms with Crippen LogP contribution in [0.5, 0.6) is 0 Å². The highest BCUT2D eigenvalue weighted by Crippen LogP contribution is 2.40. The third-order valence-corrected chi connectivity index (χ3v) is 13.6. The smallest absolute Gasteiger partial charge is 0.237 e. The minimum absolute atomic E-state index is 0.494. The zero-order valence-electron chi connectivity index (χ0n) is 39.5. The number of para-hydroxylation sites is 6. The molecule has 9 aromatic carbocycles. The molecule has 0 aliphatic heterocycles. The first kappa shape index (κ1) is 42.4. The van der Waals surface area contributed by atoms with Crippen LogP contribution < -0.4 is 9.80 Å². The number of nitrogens with zero attached hydrogens (tertiary/aromatic N) is 12. The van der Waals surface area contributed by atoms with Gasteiger partial charge in [0.2, 0.25) is 11.9 Å². The third-order valence-electron chi connectivity index (χ3n) is 13.6. The van der Waals surface area contributed by atoms with Crippen molar-refractivity contribution in [2.45, 2.75) is 0 Å². The van der Waals surface area contributed by atoms with E-state index in [1.165, 1.54) is 46.9 Å². The Morgan fingerprint density at radius 3 is 0.892 bits per heavy atom. The van der Waals surface area contributed by atoms with Gasteiger partial charge in [0.25, 0.3) is 0 Å². The molecule has 0 aliphatic rings. The molecule has 348 valence electrons. The summed E-state index contributed by atoms with van der Waals surface area (Å²) in [6.07, 6.45) is 6.08. The van der Waals surface area contributed by atoms with E-state index in [-0.39, 0.29) is 0 Å². The van der Waals surface area contributed by atoms with Crippen molar-refractivity contribution < 1.29 is 0 Å². The molecule has 74 heavy (non-hydrogen) atoms. The Morgan fingerprint density at radius 1 is 0.284 bits per heavy atom. The van der Waals surface area contributed by atoms with Crippen LogP contribution in [-0.4, -0.2) is 49.0 Å². The van der Waals surface area contributed by atoms with E-state index in [0.717, 1.165) is 89.7 Å². The second-order valence-electron chi connectivity index (χ2n) is 17.8. The second-order valence-corrected chi connectivity index (χ2v) is 17.8. The molecule has 0 aliphatic carbocycles. The van der Waals surface area contributed by atoms with E-state index >= 15 is 0 Å². The lowest BCUT2D eigenvalue weighted by molar-refractivity contribution is 1.01. The number of benzene rings is 9. The molecule has 14 aromatic rings. The maximum atomic E-state index is 5.26. The average Bonchev–Trinajstić information content (AvgIpc) is 4.00. The largest absolute Gasteiger partial charge is 0.309 e. The van der Waals surface area contributed by atoms with Gasteiger partial charge in [0, 0.05) is 66.8 Å². The van der Waals surface area contributed by atoms with Crippen LogP contribution in [0.1, 0.15) is 0 Å². The molecule has 0 radical (unpaired) electrons. The third kappa shape index (κ3) is 7.24. The van der Waals surface area contributed by atoms with Crippen molar-refractivity contribution in [1.29, 1.82) is 0 Å². The summed E-state index contributed by atoms with van der Waals surface area (Å²) in [5.74, 6) is 0.989. The van der Waals surface area contributed by atoms with Crippen LogP contribution in [0.25, 0.3) is 88.5 Å². The van der Waals surface area contributed by atoms with E-state index in [2.05, 4.69) is 233 Å². The summed E-state index contributed by atoms with van der Waals surface area (Å²) >= 11 is 0. The molecular formula is C62H40N12. The molecule has 12 heteroatoms. The first-order valence-corrected chi connectivity index (χ1v) is 24.2. The summed E-state index contributed by atoms with van der Waals surface area (Å²) in [6.45, 7) is 0. The number of aromatic nitrogens is 10. The van der Waals surface area contributed by atoms with Crippen molar-refractivity contribution in [3.8, 4) is 33.9 Å². The Kier molecular flexibility index (Phi) is 10.2. The van der Waals surface area contributed by atoms with Gasteiger partial charge in [-0.25, -0.2) is 39.9 Å². The van der Waals surface area contributed by atoms with Gasteiger partial charge in [-0.15, -0.1) is 0 Å². The lowest BCUT2D eigenvalue weighted by atomic mass is 10.0. The van der Waals surface area contributed by atoms with Crippen LogP contribution in [-0.2, 0) is 0 Å². The Labute approximate surface area is 423 Å². The van der Waals surface area contributed by atoms with E-state index in [4.69, 9.17) is 9.97 Å². The van der Waals surface area contributed by atoms with E-state index < -0.39 is 0 Å². The summed E-state index contributed by atoms with van der Waals surface area (Å²) < 4.78 is 4.62. The fourth-order valence-electron chi connectivity index (χ4n) is 10.3. The topological polar surface area (TPSA) is 119 Å². The first-order chi connectivity index (χ1) is 36.7. The predicted molar refractivity (Wildman–Crippen MR) is 295 cm³/mol. The fourth-order valence-corrected chi connectivity index (χ4v) is 10.3. The van der Waals surface area contributed by atoms with Crippen LogP contribution in [0.2, 0.25) is 0 Å². The normalized spacial score (nSPS) is 11.5. The van der Waals surface area contributed by atoms with Crippen molar-refractivity contribution in [2.75, 3.05) is 9.80 Å². The van der Waals surface area contributed by atoms with Crippen LogP contribution >= 0.6 is 0 Å². The molecule has 12 nitrogen and oxygen atoms in total. The molecule has 0 bridgehead atoms. The van der Waals surface area contributed by atoms with Gasteiger partial charge in [0.15, 0.2) is 0 Å². The summed E-state index contributed by atoms with van der Waals surface area (Å²) in [7, 11) is 0. The van der Waals surface area contributed by atoms with Gasteiger partial charge in [-0.3, -0.25) is 9.80 Å². The molecule has 0 unspecified atom stereocenters. The Bertz CT molecular complexity index is 3960. The van der Waals surface area contributed by atoms with Gasteiger partial charge in [0.05, 0.1) is 44.5 Å². The lowest BCUT2D eigenvalue weighted by Crippen LogP contribution is -2.13. The maximum Gasteiger partial charge on any atom is 0.237 e. The standard InChI is InChI=1S/C62H40N12/c1-7-17-55-49(11-1)50-12-2-8-18-56(50)73(55)47-33-29-45(30-34-47)71(61-65-37-63-38-66-61)43-25-21-41(22-26-43)59-60(70-54-16-6-5-15-53(54)69-59)42-23-27-44(28-24-42)72(62-67-39-64-40-68-62)46-31-35-48(36-32-46)74-57-19-9-3-13-51(57)52-14-4-10-20-58(52)74/h1-40H. The van der Waals surface area contributed by atoms with E-state index in [1.54, 1.807) is 0 Å². The van der Waals surface area contributed by atoms with Crippen molar-refractivity contribution in [3.63, 3.8) is 0 Å². The van der Waals surface area contributed by atoms with Crippen LogP contribution in [0, 0.1) is 0 Å². The SMILES string of the molecule is c1ccc2nc(-c3ccc(N(c4ccc(-n5c6ccccc6c6ccccc65)cc4)c4ncncn4)cc3)c(-c3ccc(N(c4ccc(-n5c6ccccc6c6ccccc65)cc4)c4ncncn4)cc3)nc2c1. The number of rotatable bonds is 10. The quantitative estimate of drug-likeness (QED) is 0.131. The van der Waals surface area contributed by atoms with Crippen molar-refractivity contribution in [1.82, 2.24) is 49.0 Å². The Balaban J connectivity index is 0.812. The zero-order valence-corrected chi connectivity index (χ0v) is 39.5. The van der Waals surface area contributed by atoms with Gasteiger partial charge in [-0.1, -0.05) is 109 Å². The van der Waals surface area contributed by atoms with Crippen LogP contribution in [0.4, 0.5) is 34.6 Å². The van der Waals surface area contributed by atoms with Gasteiger partial charge in [0.1, 0.15) is 25.3 Å². The maximum absolute atomic E-state index is 5.26. The molecule has 0 saturated carbocycles. The number of anilines is 6. The molecule has 0 fully saturated rings. The average molecular weight is 953 g/mol. The zero-order chi connectivity index (χ0) is 49.0. The Hall–Kier alpha value is -10.5. The van der Waals surface area contributed by atoms with Crippen LogP contribution in [0.3, 0.4) is 0 Å². The molecule has 0 N–H and O–H groups in total. The molecule has 14 rings (SSSR count). The van der Waals surface area contributed by atoms with Gasteiger partial charge in [-0.2, -0.15) is 0 Å². The monoisotopic (exact) mass is 952 g/mol. The second kappa shape index (κ2) is 17.7. The van der Waals surface area contributed by atoms with E-state index in [0.29, 0.717) is 11.9 Å². The van der Waals surface area contributed by atoms with Crippen molar-refractivity contribution in [3.05, 3.63) is 244 Å². The fraction of sp³-hybridized carbons (Fsp3) is 0. The highest BCUT2D eigenvalue weighted by atomic mass is 15.3. The lowest BCUT2D eigenvalue weighted by Gasteiger charge is -2.24. The molecule has 0 spiro atoms.